The minimum absolute atomic E-state index is 0.291. The Bertz CT molecular complexity index is 214. The summed E-state index contributed by atoms with van der Waals surface area (Å²) in [5.41, 5.74) is 0. The lowest BCUT2D eigenvalue weighted by Crippen LogP contribution is -2.44. The first-order valence-corrected chi connectivity index (χ1v) is 4.64. The molecule has 2 saturated carbocycles. The first-order chi connectivity index (χ1) is 5.34. The summed E-state index contributed by atoms with van der Waals surface area (Å²) in [6.07, 6.45) is 4.72. The van der Waals surface area contributed by atoms with Crippen LogP contribution in [0, 0.1) is 17.8 Å². The Kier molecular flexibility index (Phi) is 0.984. The summed E-state index contributed by atoms with van der Waals surface area (Å²) in [6.45, 7) is 0. The number of fused-ring (bicyclic) bond motifs is 3. The van der Waals surface area contributed by atoms with Crippen molar-refractivity contribution < 1.29 is 4.79 Å². The van der Waals surface area contributed by atoms with Gasteiger partial charge in [0.15, 0.2) is 0 Å². The molecule has 0 radical (unpaired) electrons. The highest BCUT2D eigenvalue weighted by molar-refractivity contribution is 5.77. The fourth-order valence-corrected chi connectivity index (χ4v) is 2.96. The zero-order valence-electron chi connectivity index (χ0n) is 6.55. The quantitative estimate of drug-likeness (QED) is 0.548. The zero-order chi connectivity index (χ0) is 7.42. The molecular weight excluding hydrogens is 138 g/mol. The SMILES string of the molecule is O=C1CCC2CC3CC3C2N1. The van der Waals surface area contributed by atoms with E-state index in [0.717, 1.165) is 30.6 Å². The maximum atomic E-state index is 11.1. The molecular formula is C9H13NO. The van der Waals surface area contributed by atoms with Gasteiger partial charge in [0.25, 0.3) is 0 Å². The number of piperidine rings is 1. The minimum Gasteiger partial charge on any atom is -0.353 e. The van der Waals surface area contributed by atoms with Crippen LogP contribution < -0.4 is 5.32 Å². The number of rotatable bonds is 0. The van der Waals surface area contributed by atoms with Crippen molar-refractivity contribution >= 4 is 5.91 Å². The van der Waals surface area contributed by atoms with Crippen LogP contribution in [0.15, 0.2) is 0 Å². The van der Waals surface area contributed by atoms with Crippen molar-refractivity contribution in [2.45, 2.75) is 31.7 Å². The second-order valence-electron chi connectivity index (χ2n) is 4.29. The summed E-state index contributed by atoms with van der Waals surface area (Å²) < 4.78 is 0. The zero-order valence-corrected chi connectivity index (χ0v) is 6.55. The van der Waals surface area contributed by atoms with E-state index in [1.165, 1.54) is 12.8 Å². The molecule has 2 aliphatic carbocycles. The number of carbonyl (C=O) groups excluding carboxylic acids is 1. The molecule has 1 N–H and O–H groups in total. The van der Waals surface area contributed by atoms with E-state index in [2.05, 4.69) is 5.32 Å². The van der Waals surface area contributed by atoms with Crippen molar-refractivity contribution in [2.24, 2.45) is 17.8 Å². The van der Waals surface area contributed by atoms with Crippen LogP contribution in [-0.2, 0) is 4.79 Å². The number of carbonyl (C=O) groups is 1. The van der Waals surface area contributed by atoms with E-state index >= 15 is 0 Å². The molecule has 3 fully saturated rings. The molecule has 1 saturated heterocycles. The lowest BCUT2D eigenvalue weighted by Gasteiger charge is -2.28. The van der Waals surface area contributed by atoms with Crippen molar-refractivity contribution in [1.82, 2.24) is 5.32 Å². The first kappa shape index (κ1) is 6.04. The van der Waals surface area contributed by atoms with Gasteiger partial charge in [-0.2, -0.15) is 0 Å². The molecule has 0 aromatic heterocycles. The highest BCUT2D eigenvalue weighted by atomic mass is 16.1. The van der Waals surface area contributed by atoms with Gasteiger partial charge in [-0.25, -0.2) is 0 Å². The Morgan fingerprint density at radius 3 is 3.09 bits per heavy atom. The summed E-state index contributed by atoms with van der Waals surface area (Å²) in [6, 6.07) is 0.584. The van der Waals surface area contributed by atoms with E-state index in [9.17, 15) is 4.79 Å². The maximum absolute atomic E-state index is 11.1. The van der Waals surface area contributed by atoms with Gasteiger partial charge in [0.1, 0.15) is 0 Å². The second kappa shape index (κ2) is 1.79. The van der Waals surface area contributed by atoms with Gasteiger partial charge in [0.05, 0.1) is 0 Å². The minimum atomic E-state index is 0.291. The van der Waals surface area contributed by atoms with E-state index in [1.54, 1.807) is 0 Å². The third-order valence-electron chi connectivity index (χ3n) is 3.62. The molecule has 1 aliphatic heterocycles. The predicted molar refractivity (Wildman–Crippen MR) is 40.9 cm³/mol. The summed E-state index contributed by atoms with van der Waals surface area (Å²) in [4.78, 5) is 11.1. The van der Waals surface area contributed by atoms with E-state index in [-0.39, 0.29) is 0 Å². The molecule has 1 amide bonds. The van der Waals surface area contributed by atoms with Crippen molar-refractivity contribution in [3.05, 3.63) is 0 Å². The summed E-state index contributed by atoms with van der Waals surface area (Å²) in [7, 11) is 0. The van der Waals surface area contributed by atoms with Gasteiger partial charge in [0.2, 0.25) is 5.91 Å². The highest BCUT2D eigenvalue weighted by Gasteiger charge is 2.54. The van der Waals surface area contributed by atoms with Crippen molar-refractivity contribution in [1.29, 1.82) is 0 Å². The van der Waals surface area contributed by atoms with Crippen LogP contribution in [0.25, 0.3) is 0 Å². The van der Waals surface area contributed by atoms with Gasteiger partial charge in [-0.1, -0.05) is 0 Å². The smallest absolute Gasteiger partial charge is 0.220 e. The average molecular weight is 151 g/mol. The van der Waals surface area contributed by atoms with E-state index in [4.69, 9.17) is 0 Å². The van der Waals surface area contributed by atoms with Crippen LogP contribution in [0.5, 0.6) is 0 Å². The predicted octanol–water partition coefficient (Wildman–Crippen LogP) is 0.921. The summed E-state index contributed by atoms with van der Waals surface area (Å²) in [5, 5.41) is 3.13. The number of nitrogens with one attached hydrogen (secondary N) is 1. The number of hydrogen-bond donors (Lipinski definition) is 1. The fraction of sp³-hybridized carbons (Fsp3) is 0.889. The molecule has 2 nitrogen and oxygen atoms in total. The van der Waals surface area contributed by atoms with Crippen LogP contribution in [0.4, 0.5) is 0 Å². The van der Waals surface area contributed by atoms with E-state index < -0.39 is 0 Å². The van der Waals surface area contributed by atoms with Crippen LogP contribution in [0.2, 0.25) is 0 Å². The topological polar surface area (TPSA) is 29.1 Å². The van der Waals surface area contributed by atoms with E-state index in [1.807, 2.05) is 0 Å². The first-order valence-electron chi connectivity index (χ1n) is 4.64. The Morgan fingerprint density at radius 1 is 1.27 bits per heavy atom. The molecule has 0 aromatic rings. The van der Waals surface area contributed by atoms with Crippen LogP contribution >= 0.6 is 0 Å². The van der Waals surface area contributed by atoms with Gasteiger partial charge in [-0.05, 0) is 37.0 Å². The van der Waals surface area contributed by atoms with E-state index in [0.29, 0.717) is 11.9 Å². The van der Waals surface area contributed by atoms with Gasteiger partial charge >= 0.3 is 0 Å². The van der Waals surface area contributed by atoms with Crippen molar-refractivity contribution in [3.63, 3.8) is 0 Å². The normalized spacial score (nSPS) is 52.9. The lowest BCUT2D eigenvalue weighted by molar-refractivity contribution is -0.124. The molecule has 0 bridgehead atoms. The Balaban J connectivity index is 1.81. The third-order valence-corrected chi connectivity index (χ3v) is 3.62. The van der Waals surface area contributed by atoms with Crippen LogP contribution in [0.3, 0.4) is 0 Å². The molecule has 4 unspecified atom stereocenters. The van der Waals surface area contributed by atoms with Crippen LogP contribution in [0.1, 0.15) is 25.7 Å². The fourth-order valence-electron chi connectivity index (χ4n) is 2.96. The monoisotopic (exact) mass is 151 g/mol. The lowest BCUT2D eigenvalue weighted by atomic mass is 9.90. The van der Waals surface area contributed by atoms with Gasteiger partial charge in [-0.3, -0.25) is 4.79 Å². The maximum Gasteiger partial charge on any atom is 0.220 e. The molecule has 3 aliphatic rings. The van der Waals surface area contributed by atoms with Gasteiger partial charge < -0.3 is 5.32 Å². The standard InChI is InChI=1S/C9H13NO/c11-8-2-1-5-3-6-4-7(6)9(5)10-8/h5-7,9H,1-4H2,(H,10,11). The molecule has 60 valence electrons. The van der Waals surface area contributed by atoms with Crippen LogP contribution in [-0.4, -0.2) is 11.9 Å². The molecule has 1 heterocycles. The second-order valence-corrected chi connectivity index (χ2v) is 4.29. The molecule has 0 spiro atoms. The molecule has 4 atom stereocenters. The molecule has 0 aromatic carbocycles. The van der Waals surface area contributed by atoms with Crippen molar-refractivity contribution in [3.8, 4) is 0 Å². The highest BCUT2D eigenvalue weighted by Crippen LogP contribution is 2.56. The third kappa shape index (κ3) is 0.754. The average Bonchev–Trinajstić information content (AvgIpc) is 2.67. The summed E-state index contributed by atoms with van der Waals surface area (Å²) in [5.74, 6) is 3.00. The molecule has 3 rings (SSSR count). The number of hydrogen-bond acceptors (Lipinski definition) is 1. The Labute approximate surface area is 66.4 Å². The van der Waals surface area contributed by atoms with Crippen molar-refractivity contribution in [2.75, 3.05) is 0 Å². The van der Waals surface area contributed by atoms with Gasteiger partial charge in [-0.15, -0.1) is 0 Å². The van der Waals surface area contributed by atoms with Gasteiger partial charge in [0, 0.05) is 12.5 Å². The number of amides is 1. The summed E-state index contributed by atoms with van der Waals surface area (Å²) >= 11 is 0. The Hall–Kier alpha value is -0.530. The molecule has 2 heteroatoms. The molecule has 11 heavy (non-hydrogen) atoms. The Morgan fingerprint density at radius 2 is 2.18 bits per heavy atom. The largest absolute Gasteiger partial charge is 0.353 e.